The van der Waals surface area contributed by atoms with Crippen LogP contribution < -0.4 is 5.32 Å². The molecule has 0 bridgehead atoms. The maximum Gasteiger partial charge on any atom is 0.469 e. The molecule has 0 aromatic heterocycles. The number of hydrogen-bond acceptors (Lipinski definition) is 3. The fourth-order valence-electron chi connectivity index (χ4n) is 2.47. The Balaban J connectivity index is 2.83. The molecule has 130 valence electrons. The minimum Gasteiger partial charge on any atom is -0.347 e. The van der Waals surface area contributed by atoms with Crippen molar-refractivity contribution in [1.82, 2.24) is 5.32 Å². The van der Waals surface area contributed by atoms with Gasteiger partial charge in [-0.3, -0.25) is 9.32 Å². The highest BCUT2D eigenvalue weighted by atomic mass is 31.2. The molecule has 1 amide bonds. The van der Waals surface area contributed by atoms with Crippen LogP contribution in [0, 0.1) is 5.92 Å². The summed E-state index contributed by atoms with van der Waals surface area (Å²) in [7, 11) is -4.58. The van der Waals surface area contributed by atoms with Crippen LogP contribution in [0.3, 0.4) is 0 Å². The van der Waals surface area contributed by atoms with E-state index in [4.69, 9.17) is 9.79 Å². The highest BCUT2D eigenvalue weighted by molar-refractivity contribution is 7.46. The number of hydrogen-bond donors (Lipinski definition) is 3. The average molecular weight is 343 g/mol. The lowest BCUT2D eigenvalue weighted by atomic mass is 9.96. The van der Waals surface area contributed by atoms with Gasteiger partial charge in [0.25, 0.3) is 0 Å². The van der Waals surface area contributed by atoms with Gasteiger partial charge in [0.05, 0.1) is 12.6 Å². The van der Waals surface area contributed by atoms with Crippen LogP contribution in [0.5, 0.6) is 0 Å². The van der Waals surface area contributed by atoms with Gasteiger partial charge in [-0.2, -0.15) is 0 Å². The lowest BCUT2D eigenvalue weighted by Crippen LogP contribution is -2.36. The molecule has 1 atom stereocenters. The smallest absolute Gasteiger partial charge is 0.347 e. The highest BCUT2D eigenvalue weighted by Crippen LogP contribution is 2.37. The largest absolute Gasteiger partial charge is 0.469 e. The van der Waals surface area contributed by atoms with Gasteiger partial charge in [0.2, 0.25) is 5.91 Å². The van der Waals surface area contributed by atoms with Crippen molar-refractivity contribution in [2.24, 2.45) is 5.92 Å². The van der Waals surface area contributed by atoms with Crippen molar-refractivity contribution >= 4 is 13.7 Å². The first-order chi connectivity index (χ1) is 10.9. The number of benzene rings is 1. The van der Waals surface area contributed by atoms with Crippen LogP contribution in [-0.4, -0.2) is 22.3 Å². The predicted molar refractivity (Wildman–Crippen MR) is 88.6 cm³/mol. The van der Waals surface area contributed by atoms with Crippen molar-refractivity contribution in [1.29, 1.82) is 0 Å². The van der Waals surface area contributed by atoms with Gasteiger partial charge < -0.3 is 15.1 Å². The normalized spacial score (nSPS) is 13.1. The third-order valence-electron chi connectivity index (χ3n) is 3.57. The van der Waals surface area contributed by atoms with Crippen LogP contribution >= 0.6 is 7.82 Å². The van der Waals surface area contributed by atoms with Crippen molar-refractivity contribution < 1.29 is 23.7 Å². The van der Waals surface area contributed by atoms with E-state index in [9.17, 15) is 9.36 Å². The molecular weight excluding hydrogens is 317 g/mol. The van der Waals surface area contributed by atoms with Gasteiger partial charge >= 0.3 is 7.82 Å². The van der Waals surface area contributed by atoms with E-state index in [0.29, 0.717) is 0 Å². The van der Waals surface area contributed by atoms with Gasteiger partial charge in [-0.25, -0.2) is 4.57 Å². The number of nitrogens with one attached hydrogen (secondary N) is 1. The molecule has 0 aliphatic carbocycles. The molecule has 6 nitrogen and oxygen atoms in total. The van der Waals surface area contributed by atoms with E-state index in [0.717, 1.165) is 31.2 Å². The van der Waals surface area contributed by atoms with Crippen LogP contribution in [0.2, 0.25) is 0 Å². The molecule has 1 aromatic carbocycles. The van der Waals surface area contributed by atoms with E-state index in [1.807, 2.05) is 32.0 Å². The summed E-state index contributed by atoms with van der Waals surface area (Å²) in [5, 5.41) is 2.87. The summed E-state index contributed by atoms with van der Waals surface area (Å²) in [6.45, 7) is 3.79. The Morgan fingerprint density at radius 2 is 1.74 bits per heavy atom. The summed E-state index contributed by atoms with van der Waals surface area (Å²) < 4.78 is 15.5. The van der Waals surface area contributed by atoms with E-state index >= 15 is 0 Å². The molecule has 23 heavy (non-hydrogen) atoms. The van der Waals surface area contributed by atoms with Gasteiger partial charge in [0.1, 0.15) is 0 Å². The van der Waals surface area contributed by atoms with Gasteiger partial charge in [-0.1, -0.05) is 57.0 Å². The molecule has 0 unspecified atom stereocenters. The fourth-order valence-corrected chi connectivity index (χ4v) is 2.81. The summed E-state index contributed by atoms with van der Waals surface area (Å²) in [5.41, 5.74) is 0.751. The second-order valence-electron chi connectivity index (χ2n) is 5.53. The molecular formula is C16H26NO5P. The van der Waals surface area contributed by atoms with Crippen molar-refractivity contribution in [2.45, 2.75) is 45.6 Å². The molecule has 1 rings (SSSR count). The Labute approximate surface area is 137 Å². The summed E-state index contributed by atoms with van der Waals surface area (Å²) in [6.07, 6.45) is 3.40. The fraction of sp³-hybridized carbons (Fsp3) is 0.562. The Morgan fingerprint density at radius 1 is 1.17 bits per heavy atom. The van der Waals surface area contributed by atoms with Crippen molar-refractivity contribution in [2.75, 3.05) is 6.61 Å². The SMILES string of the molecule is CCCC(CCC)C(=O)N[C@H](COP(=O)(O)O)c1ccccc1. The van der Waals surface area contributed by atoms with Gasteiger partial charge in [-0.05, 0) is 18.4 Å². The van der Waals surface area contributed by atoms with Crippen molar-refractivity contribution in [3.8, 4) is 0 Å². The molecule has 1 aromatic rings. The lowest BCUT2D eigenvalue weighted by Gasteiger charge is -2.23. The summed E-state index contributed by atoms with van der Waals surface area (Å²) in [4.78, 5) is 30.3. The second kappa shape index (κ2) is 9.83. The highest BCUT2D eigenvalue weighted by Gasteiger charge is 2.24. The molecule has 0 aliphatic heterocycles. The quantitative estimate of drug-likeness (QED) is 0.567. The van der Waals surface area contributed by atoms with Crippen LogP contribution in [-0.2, 0) is 13.9 Å². The Bertz CT molecular complexity index is 510. The van der Waals surface area contributed by atoms with Gasteiger partial charge in [0, 0.05) is 5.92 Å². The Hall–Kier alpha value is -1.20. The zero-order chi connectivity index (χ0) is 17.3. The molecule has 0 heterocycles. The monoisotopic (exact) mass is 343 g/mol. The van der Waals surface area contributed by atoms with Crippen molar-refractivity contribution in [3.05, 3.63) is 35.9 Å². The third-order valence-corrected chi connectivity index (χ3v) is 4.06. The minimum absolute atomic E-state index is 0.0914. The zero-order valence-corrected chi connectivity index (χ0v) is 14.5. The maximum absolute atomic E-state index is 12.5. The lowest BCUT2D eigenvalue weighted by molar-refractivity contribution is -0.126. The number of phosphoric acid groups is 1. The molecule has 7 heteroatoms. The van der Waals surface area contributed by atoms with E-state index in [1.165, 1.54) is 0 Å². The predicted octanol–water partition coefficient (Wildman–Crippen LogP) is 3.17. The van der Waals surface area contributed by atoms with Gasteiger partial charge in [0.15, 0.2) is 0 Å². The maximum atomic E-state index is 12.5. The molecule has 0 saturated carbocycles. The number of rotatable bonds is 10. The summed E-state index contributed by atoms with van der Waals surface area (Å²) >= 11 is 0. The standard InChI is InChI=1S/C16H26NO5P/c1-3-8-14(9-4-2)16(18)17-15(12-22-23(19,20)21)13-10-6-5-7-11-13/h5-7,10-11,14-15H,3-4,8-9,12H2,1-2H3,(H,17,18)(H2,19,20,21)/t15-/m1/s1. The summed E-state index contributed by atoms with van der Waals surface area (Å²) in [5.74, 6) is -0.192. The number of amides is 1. The summed E-state index contributed by atoms with van der Waals surface area (Å²) in [6, 6.07) is 8.45. The molecule has 3 N–H and O–H groups in total. The van der Waals surface area contributed by atoms with Crippen LogP contribution in [0.15, 0.2) is 30.3 Å². The number of carbonyl (C=O) groups excluding carboxylic acids is 1. The first-order valence-electron chi connectivity index (χ1n) is 7.92. The van der Waals surface area contributed by atoms with Crippen LogP contribution in [0.1, 0.15) is 51.1 Å². The second-order valence-corrected chi connectivity index (χ2v) is 6.77. The third kappa shape index (κ3) is 7.75. The Kier molecular flexibility index (Phi) is 8.48. The first kappa shape index (κ1) is 19.8. The zero-order valence-electron chi connectivity index (χ0n) is 13.6. The topological polar surface area (TPSA) is 95.9 Å². The molecule has 0 spiro atoms. The molecule has 0 radical (unpaired) electrons. The minimum atomic E-state index is -4.58. The average Bonchev–Trinajstić information content (AvgIpc) is 2.51. The van der Waals surface area contributed by atoms with E-state index in [2.05, 4.69) is 9.84 Å². The Morgan fingerprint density at radius 3 is 2.22 bits per heavy atom. The number of carbonyl (C=O) groups is 1. The molecule has 0 saturated heterocycles. The van der Waals surface area contributed by atoms with E-state index < -0.39 is 13.9 Å². The molecule has 0 fully saturated rings. The van der Waals surface area contributed by atoms with E-state index in [1.54, 1.807) is 12.1 Å². The van der Waals surface area contributed by atoms with E-state index in [-0.39, 0.29) is 18.4 Å². The number of phosphoric ester groups is 1. The van der Waals surface area contributed by atoms with Crippen LogP contribution in [0.4, 0.5) is 0 Å². The van der Waals surface area contributed by atoms with Crippen molar-refractivity contribution in [3.63, 3.8) is 0 Å². The first-order valence-corrected chi connectivity index (χ1v) is 9.45. The molecule has 0 aliphatic rings. The van der Waals surface area contributed by atoms with Crippen LogP contribution in [0.25, 0.3) is 0 Å². The van der Waals surface area contributed by atoms with Gasteiger partial charge in [-0.15, -0.1) is 0 Å².